The van der Waals surface area contributed by atoms with E-state index in [4.69, 9.17) is 10.0 Å². The Balaban J connectivity index is 2.23. The summed E-state index contributed by atoms with van der Waals surface area (Å²) >= 11 is 0. The van der Waals surface area contributed by atoms with Gasteiger partial charge in [-0.2, -0.15) is 0 Å². The minimum absolute atomic E-state index is 0.143. The van der Waals surface area contributed by atoms with Gasteiger partial charge in [-0.05, 0) is 29.2 Å². The molecule has 0 heterocycles. The number of halogens is 2. The normalized spacial score (nSPS) is 12.3. The third-order valence-electron chi connectivity index (χ3n) is 3.63. The van der Waals surface area contributed by atoms with Crippen molar-refractivity contribution in [2.45, 2.75) is 13.3 Å². The Labute approximate surface area is 109 Å². The molecular weight excluding hydrogens is 249 g/mol. The predicted octanol–water partition coefficient (Wildman–Crippen LogP) is 1.52. The first-order chi connectivity index (χ1) is 9.00. The van der Waals surface area contributed by atoms with Gasteiger partial charge in [0.2, 0.25) is 0 Å². The van der Waals surface area contributed by atoms with Gasteiger partial charge in [0.15, 0.2) is 0 Å². The highest BCUT2D eigenvalue weighted by Gasteiger charge is 2.28. The molecule has 1 aliphatic rings. The largest absolute Gasteiger partial charge is 0.491 e. The fraction of sp³-hybridized carbons (Fsp3) is 0.143. The van der Waals surface area contributed by atoms with Gasteiger partial charge in [0.25, 0.3) is 0 Å². The van der Waals surface area contributed by atoms with E-state index in [1.165, 1.54) is 6.07 Å². The first kappa shape index (κ1) is 12.3. The second kappa shape index (κ2) is 4.15. The van der Waals surface area contributed by atoms with E-state index in [-0.39, 0.29) is 17.7 Å². The lowest BCUT2D eigenvalue weighted by Gasteiger charge is -2.07. The van der Waals surface area contributed by atoms with Crippen LogP contribution in [0.25, 0.3) is 11.1 Å². The summed E-state index contributed by atoms with van der Waals surface area (Å²) in [6, 6.07) is 6.36. The number of fused-ring (bicyclic) bond motifs is 3. The van der Waals surface area contributed by atoms with Crippen LogP contribution in [0.2, 0.25) is 0 Å². The van der Waals surface area contributed by atoms with Crippen molar-refractivity contribution in [3.8, 4) is 11.1 Å². The first-order valence-corrected chi connectivity index (χ1v) is 5.96. The second-order valence-corrected chi connectivity index (χ2v) is 4.77. The lowest BCUT2D eigenvalue weighted by molar-refractivity contribution is 0.423. The molecule has 1 aliphatic carbocycles. The molecule has 0 fully saturated rings. The molecule has 96 valence electrons. The van der Waals surface area contributed by atoms with Crippen LogP contribution in [-0.2, 0) is 6.42 Å². The van der Waals surface area contributed by atoms with Crippen molar-refractivity contribution in [3.05, 3.63) is 52.6 Å². The highest BCUT2D eigenvalue weighted by atomic mass is 19.1. The molecule has 0 aliphatic heterocycles. The third-order valence-corrected chi connectivity index (χ3v) is 3.63. The molecule has 2 aromatic carbocycles. The standard InChI is InChI=1S/C14H11BF2O2/c1-7-2-3-8-9-4-5-12(15(18)19)14(17)11(9)6-10(8)13(7)16/h2-5,18-19H,6H2,1H3. The number of hydrogen-bond donors (Lipinski definition) is 2. The minimum atomic E-state index is -1.86. The number of benzene rings is 2. The van der Waals surface area contributed by atoms with Crippen LogP contribution >= 0.6 is 0 Å². The van der Waals surface area contributed by atoms with Crippen LogP contribution in [0, 0.1) is 18.6 Å². The maximum absolute atomic E-state index is 14.2. The van der Waals surface area contributed by atoms with E-state index < -0.39 is 12.9 Å². The molecule has 5 heteroatoms. The predicted molar refractivity (Wildman–Crippen MR) is 69.2 cm³/mol. The number of rotatable bonds is 1. The molecule has 2 N–H and O–H groups in total. The quantitative estimate of drug-likeness (QED) is 0.651. The van der Waals surface area contributed by atoms with Gasteiger partial charge in [0, 0.05) is 17.4 Å². The summed E-state index contributed by atoms with van der Waals surface area (Å²) < 4.78 is 28.2. The SMILES string of the molecule is Cc1ccc2c(c1F)Cc1c-2ccc(B(O)O)c1F. The first-order valence-electron chi connectivity index (χ1n) is 5.96. The zero-order chi connectivity index (χ0) is 13.7. The molecule has 0 bridgehead atoms. The third kappa shape index (κ3) is 1.69. The monoisotopic (exact) mass is 260 g/mol. The van der Waals surface area contributed by atoms with E-state index in [0.29, 0.717) is 27.8 Å². The molecular formula is C14H11BF2O2. The summed E-state index contributed by atoms with van der Waals surface area (Å²) in [5.74, 6) is -0.986. The Morgan fingerprint density at radius 1 is 0.947 bits per heavy atom. The highest BCUT2D eigenvalue weighted by molar-refractivity contribution is 6.58. The average Bonchev–Trinajstić information content (AvgIpc) is 2.74. The van der Waals surface area contributed by atoms with Crippen molar-refractivity contribution < 1.29 is 18.8 Å². The van der Waals surface area contributed by atoms with Gasteiger partial charge in [-0.25, -0.2) is 8.78 Å². The van der Waals surface area contributed by atoms with Crippen molar-refractivity contribution in [3.63, 3.8) is 0 Å². The molecule has 0 aromatic heterocycles. The van der Waals surface area contributed by atoms with E-state index in [2.05, 4.69) is 0 Å². The molecule has 0 amide bonds. The van der Waals surface area contributed by atoms with Gasteiger partial charge in [-0.15, -0.1) is 0 Å². The van der Waals surface area contributed by atoms with Crippen LogP contribution in [0.1, 0.15) is 16.7 Å². The summed E-state index contributed by atoms with van der Waals surface area (Å²) in [5, 5.41) is 18.2. The summed E-state index contributed by atoms with van der Waals surface area (Å²) in [5.41, 5.74) is 2.44. The zero-order valence-electron chi connectivity index (χ0n) is 10.2. The van der Waals surface area contributed by atoms with Crippen molar-refractivity contribution in [2.24, 2.45) is 0 Å². The van der Waals surface area contributed by atoms with Gasteiger partial charge in [0.05, 0.1) is 0 Å². The minimum Gasteiger partial charge on any atom is -0.423 e. The van der Waals surface area contributed by atoms with Crippen molar-refractivity contribution in [2.75, 3.05) is 0 Å². The highest BCUT2D eigenvalue weighted by Crippen LogP contribution is 2.39. The average molecular weight is 260 g/mol. The fourth-order valence-corrected chi connectivity index (χ4v) is 2.60. The summed E-state index contributed by atoms with van der Waals surface area (Å²) in [4.78, 5) is 0. The van der Waals surface area contributed by atoms with Gasteiger partial charge < -0.3 is 10.0 Å². The second-order valence-electron chi connectivity index (χ2n) is 4.77. The molecule has 2 nitrogen and oxygen atoms in total. The van der Waals surface area contributed by atoms with Gasteiger partial charge in [-0.3, -0.25) is 0 Å². The van der Waals surface area contributed by atoms with Crippen LogP contribution in [0.15, 0.2) is 24.3 Å². The number of hydrogen-bond acceptors (Lipinski definition) is 2. The maximum atomic E-state index is 14.2. The Morgan fingerprint density at radius 3 is 2.16 bits per heavy atom. The van der Waals surface area contributed by atoms with Gasteiger partial charge >= 0.3 is 7.12 Å². The van der Waals surface area contributed by atoms with E-state index >= 15 is 0 Å². The summed E-state index contributed by atoms with van der Waals surface area (Å²) in [6.45, 7) is 1.66. The molecule has 3 rings (SSSR count). The molecule has 0 radical (unpaired) electrons. The molecule has 0 saturated carbocycles. The molecule has 19 heavy (non-hydrogen) atoms. The molecule has 0 atom stereocenters. The van der Waals surface area contributed by atoms with Crippen LogP contribution in [0.3, 0.4) is 0 Å². The molecule has 2 aromatic rings. The smallest absolute Gasteiger partial charge is 0.423 e. The topological polar surface area (TPSA) is 40.5 Å². The van der Waals surface area contributed by atoms with Crippen LogP contribution < -0.4 is 5.46 Å². The molecule has 0 saturated heterocycles. The molecule has 0 spiro atoms. The fourth-order valence-electron chi connectivity index (χ4n) is 2.60. The van der Waals surface area contributed by atoms with Crippen molar-refractivity contribution in [1.82, 2.24) is 0 Å². The lowest BCUT2D eigenvalue weighted by atomic mass is 9.78. The van der Waals surface area contributed by atoms with Crippen molar-refractivity contribution >= 4 is 12.6 Å². The van der Waals surface area contributed by atoms with Crippen molar-refractivity contribution in [1.29, 1.82) is 0 Å². The Kier molecular flexibility index (Phi) is 2.69. The Hall–Kier alpha value is -1.72. The van der Waals surface area contributed by atoms with E-state index in [0.717, 1.165) is 0 Å². The van der Waals surface area contributed by atoms with Crippen LogP contribution in [0.4, 0.5) is 8.78 Å². The lowest BCUT2D eigenvalue weighted by Crippen LogP contribution is -2.33. The van der Waals surface area contributed by atoms with Gasteiger partial charge in [-0.1, -0.05) is 24.3 Å². The maximum Gasteiger partial charge on any atom is 0.491 e. The summed E-state index contributed by atoms with van der Waals surface area (Å²) in [7, 11) is -1.86. The zero-order valence-corrected chi connectivity index (χ0v) is 10.2. The number of aryl methyl sites for hydroxylation is 1. The van der Waals surface area contributed by atoms with Crippen LogP contribution in [0.5, 0.6) is 0 Å². The molecule has 0 unspecified atom stereocenters. The van der Waals surface area contributed by atoms with E-state index in [1.54, 1.807) is 25.1 Å². The van der Waals surface area contributed by atoms with Gasteiger partial charge in [0.1, 0.15) is 11.6 Å². The van der Waals surface area contributed by atoms with E-state index in [9.17, 15) is 8.78 Å². The summed E-state index contributed by atoms with van der Waals surface area (Å²) in [6.07, 6.45) is 0.143. The Morgan fingerprint density at radius 2 is 1.53 bits per heavy atom. The Bertz CT molecular complexity index is 684. The van der Waals surface area contributed by atoms with E-state index in [1.807, 2.05) is 0 Å². The van der Waals surface area contributed by atoms with Crippen LogP contribution in [-0.4, -0.2) is 17.2 Å².